The molecule has 0 atom stereocenters. The second-order valence-electron chi connectivity index (χ2n) is 2.45. The lowest BCUT2D eigenvalue weighted by Gasteiger charge is -2.00. The molecule has 0 unspecified atom stereocenters. The maximum absolute atomic E-state index is 3.36. The molecule has 0 radical (unpaired) electrons. The summed E-state index contributed by atoms with van der Waals surface area (Å²) >= 11 is 2.36. The molecule has 0 saturated heterocycles. The predicted octanol–water partition coefficient (Wildman–Crippen LogP) is 2.26. The third-order valence-corrected chi connectivity index (χ3v) is 2.69. The van der Waals surface area contributed by atoms with Crippen LogP contribution in [-0.4, -0.2) is 6.54 Å². The van der Waals surface area contributed by atoms with Gasteiger partial charge in [0.25, 0.3) is 0 Å². The maximum atomic E-state index is 3.36. The van der Waals surface area contributed by atoms with Gasteiger partial charge in [-0.25, -0.2) is 0 Å². The fourth-order valence-corrected chi connectivity index (χ4v) is 2.04. The molecule has 1 N–H and O–H groups in total. The number of anilines is 1. The van der Waals surface area contributed by atoms with Crippen molar-refractivity contribution < 1.29 is 0 Å². The van der Waals surface area contributed by atoms with Crippen LogP contribution in [0.15, 0.2) is 18.2 Å². The summed E-state index contributed by atoms with van der Waals surface area (Å²) in [5, 5.41) is 3.36. The van der Waals surface area contributed by atoms with E-state index in [2.05, 4.69) is 46.1 Å². The number of para-hydroxylation sites is 1. The number of hydrogen-bond donors (Lipinski definition) is 1. The van der Waals surface area contributed by atoms with Crippen molar-refractivity contribution in [3.05, 3.63) is 27.3 Å². The Hall–Kier alpha value is -0.250. The number of rotatable bonds is 0. The van der Waals surface area contributed by atoms with E-state index in [4.69, 9.17) is 0 Å². The van der Waals surface area contributed by atoms with Crippen molar-refractivity contribution in [3.63, 3.8) is 0 Å². The van der Waals surface area contributed by atoms with E-state index in [1.54, 1.807) is 0 Å². The molecular formula is C8H8IN. The van der Waals surface area contributed by atoms with E-state index in [0.29, 0.717) is 0 Å². The van der Waals surface area contributed by atoms with Crippen LogP contribution in [0.5, 0.6) is 0 Å². The predicted molar refractivity (Wildman–Crippen MR) is 51.4 cm³/mol. The molecule has 52 valence electrons. The van der Waals surface area contributed by atoms with Crippen molar-refractivity contribution in [3.8, 4) is 0 Å². The van der Waals surface area contributed by atoms with Crippen molar-refractivity contribution in [2.75, 3.05) is 11.9 Å². The van der Waals surface area contributed by atoms with Gasteiger partial charge in [0, 0.05) is 10.1 Å². The van der Waals surface area contributed by atoms with Gasteiger partial charge in [0.15, 0.2) is 0 Å². The van der Waals surface area contributed by atoms with Crippen LogP contribution in [0.1, 0.15) is 5.56 Å². The zero-order valence-electron chi connectivity index (χ0n) is 5.52. The van der Waals surface area contributed by atoms with Crippen molar-refractivity contribution >= 4 is 28.3 Å². The molecule has 2 heteroatoms. The second-order valence-corrected chi connectivity index (χ2v) is 3.61. The standard InChI is InChI=1S/C8H8IN/c9-7-3-1-2-6-4-5-10-8(6)7/h1-3,10H,4-5H2. The van der Waals surface area contributed by atoms with Crippen molar-refractivity contribution in [1.82, 2.24) is 0 Å². The zero-order chi connectivity index (χ0) is 6.97. The minimum atomic E-state index is 1.11. The summed E-state index contributed by atoms with van der Waals surface area (Å²) in [7, 11) is 0. The fourth-order valence-electron chi connectivity index (χ4n) is 1.30. The number of hydrogen-bond acceptors (Lipinski definition) is 1. The van der Waals surface area contributed by atoms with Crippen molar-refractivity contribution in [2.24, 2.45) is 0 Å². The van der Waals surface area contributed by atoms with Crippen LogP contribution in [0.2, 0.25) is 0 Å². The minimum absolute atomic E-state index is 1.11. The molecular weight excluding hydrogens is 237 g/mol. The molecule has 2 rings (SSSR count). The highest BCUT2D eigenvalue weighted by Crippen LogP contribution is 2.26. The highest BCUT2D eigenvalue weighted by molar-refractivity contribution is 14.1. The molecule has 0 aliphatic carbocycles. The normalized spacial score (nSPS) is 14.5. The summed E-state index contributed by atoms with van der Waals surface area (Å²) in [6, 6.07) is 6.45. The summed E-state index contributed by atoms with van der Waals surface area (Å²) < 4.78 is 1.34. The first kappa shape index (κ1) is 6.46. The second kappa shape index (κ2) is 2.42. The molecule has 1 nitrogen and oxygen atoms in total. The van der Waals surface area contributed by atoms with Gasteiger partial charge in [-0.05, 0) is 40.6 Å². The molecule has 1 aliphatic rings. The van der Waals surface area contributed by atoms with Crippen LogP contribution in [0.25, 0.3) is 0 Å². The number of fused-ring (bicyclic) bond motifs is 1. The molecule has 1 heterocycles. The monoisotopic (exact) mass is 245 g/mol. The van der Waals surface area contributed by atoms with Gasteiger partial charge in [0.1, 0.15) is 0 Å². The first-order valence-corrected chi connectivity index (χ1v) is 4.47. The number of halogens is 1. The van der Waals surface area contributed by atoms with Gasteiger partial charge >= 0.3 is 0 Å². The Labute approximate surface area is 74.0 Å². The van der Waals surface area contributed by atoms with Gasteiger partial charge < -0.3 is 5.32 Å². The molecule has 0 fully saturated rings. The average molecular weight is 245 g/mol. The van der Waals surface area contributed by atoms with Gasteiger partial charge in [0.05, 0.1) is 5.69 Å². The number of nitrogens with one attached hydrogen (secondary N) is 1. The molecule has 10 heavy (non-hydrogen) atoms. The first-order chi connectivity index (χ1) is 4.88. The van der Waals surface area contributed by atoms with E-state index in [-0.39, 0.29) is 0 Å². The molecule has 0 amide bonds. The molecule has 1 aromatic carbocycles. The average Bonchev–Trinajstić information content (AvgIpc) is 2.36. The van der Waals surface area contributed by atoms with E-state index in [9.17, 15) is 0 Å². The van der Waals surface area contributed by atoms with Crippen molar-refractivity contribution in [2.45, 2.75) is 6.42 Å². The van der Waals surface area contributed by atoms with Gasteiger partial charge in [-0.15, -0.1) is 0 Å². The lowest BCUT2D eigenvalue weighted by Crippen LogP contribution is -1.92. The van der Waals surface area contributed by atoms with Crippen LogP contribution in [0.4, 0.5) is 5.69 Å². The zero-order valence-corrected chi connectivity index (χ0v) is 7.68. The Morgan fingerprint density at radius 3 is 3.10 bits per heavy atom. The van der Waals surface area contributed by atoms with Crippen LogP contribution in [-0.2, 0) is 6.42 Å². The quantitative estimate of drug-likeness (QED) is 0.691. The van der Waals surface area contributed by atoms with Crippen LogP contribution >= 0.6 is 22.6 Å². The van der Waals surface area contributed by atoms with E-state index in [1.165, 1.54) is 21.2 Å². The lowest BCUT2D eigenvalue weighted by atomic mass is 10.2. The Bertz CT molecular complexity index is 257. The molecule has 0 aromatic heterocycles. The van der Waals surface area contributed by atoms with E-state index in [1.807, 2.05) is 0 Å². The number of benzene rings is 1. The third-order valence-electron chi connectivity index (χ3n) is 1.80. The SMILES string of the molecule is Ic1cccc2c1NCC2. The molecule has 1 aromatic rings. The Morgan fingerprint density at radius 1 is 1.40 bits per heavy atom. The summed E-state index contributed by atoms with van der Waals surface area (Å²) in [5.41, 5.74) is 2.81. The van der Waals surface area contributed by atoms with E-state index >= 15 is 0 Å². The largest absolute Gasteiger partial charge is 0.384 e. The Kier molecular flexibility index (Phi) is 1.56. The summed E-state index contributed by atoms with van der Waals surface area (Å²) in [4.78, 5) is 0. The van der Waals surface area contributed by atoms with Gasteiger partial charge in [0.2, 0.25) is 0 Å². The summed E-state index contributed by atoms with van der Waals surface area (Å²) in [6.07, 6.45) is 1.19. The van der Waals surface area contributed by atoms with E-state index in [0.717, 1.165) is 6.54 Å². The topological polar surface area (TPSA) is 12.0 Å². The molecule has 0 bridgehead atoms. The lowest BCUT2D eigenvalue weighted by molar-refractivity contribution is 1.11. The summed E-state index contributed by atoms with van der Waals surface area (Å²) in [6.45, 7) is 1.11. The third kappa shape index (κ3) is 0.905. The van der Waals surface area contributed by atoms with Crippen LogP contribution < -0.4 is 5.32 Å². The highest BCUT2D eigenvalue weighted by Gasteiger charge is 2.10. The van der Waals surface area contributed by atoms with E-state index < -0.39 is 0 Å². The molecule has 1 aliphatic heterocycles. The van der Waals surface area contributed by atoms with Gasteiger partial charge in [-0.1, -0.05) is 12.1 Å². The minimum Gasteiger partial charge on any atom is -0.384 e. The van der Waals surface area contributed by atoms with Crippen LogP contribution in [0, 0.1) is 3.57 Å². The molecule has 0 saturated carbocycles. The Balaban J connectivity index is 2.59. The Morgan fingerprint density at radius 2 is 2.30 bits per heavy atom. The highest BCUT2D eigenvalue weighted by atomic mass is 127. The van der Waals surface area contributed by atoms with Crippen molar-refractivity contribution in [1.29, 1.82) is 0 Å². The summed E-state index contributed by atoms with van der Waals surface area (Å²) in [5.74, 6) is 0. The molecule has 0 spiro atoms. The first-order valence-electron chi connectivity index (χ1n) is 3.39. The van der Waals surface area contributed by atoms with Gasteiger partial charge in [-0.2, -0.15) is 0 Å². The smallest absolute Gasteiger partial charge is 0.0509 e. The van der Waals surface area contributed by atoms with Crippen LogP contribution in [0.3, 0.4) is 0 Å². The maximum Gasteiger partial charge on any atom is 0.0509 e. The fraction of sp³-hybridized carbons (Fsp3) is 0.250. The van der Waals surface area contributed by atoms with Gasteiger partial charge in [-0.3, -0.25) is 0 Å².